The van der Waals surface area contributed by atoms with E-state index >= 15 is 0 Å². The molecule has 1 aromatic carbocycles. The molecule has 0 saturated heterocycles. The number of aliphatic hydroxyl groups is 1. The Labute approximate surface area is 142 Å². The standard InChI is InChI=1S/C17H21F6NO/c18-16(19,20)13-3-1-2-12(9-13)8-11-4-6-14(7-5-11)24-10-15(25)17(21,22)23/h1-3,9,11,14-15,24-25H,4-8,10H2. The average Bonchev–Trinajstić information content (AvgIpc) is 2.52. The maximum Gasteiger partial charge on any atom is 0.416 e. The second-order valence-electron chi connectivity index (χ2n) is 6.59. The SMILES string of the molecule is OC(CNC1CCC(Cc2cccc(C(F)(F)F)c2)CC1)C(F)(F)F. The van der Waals surface area contributed by atoms with Crippen LogP contribution in [0.15, 0.2) is 24.3 Å². The molecule has 0 bridgehead atoms. The van der Waals surface area contributed by atoms with Gasteiger partial charge < -0.3 is 10.4 Å². The lowest BCUT2D eigenvalue weighted by Crippen LogP contribution is -2.43. The van der Waals surface area contributed by atoms with Crippen molar-refractivity contribution in [3.05, 3.63) is 35.4 Å². The Balaban J connectivity index is 1.79. The van der Waals surface area contributed by atoms with Gasteiger partial charge in [0, 0.05) is 12.6 Å². The smallest absolute Gasteiger partial charge is 0.382 e. The van der Waals surface area contributed by atoms with Gasteiger partial charge in [0.05, 0.1) is 5.56 Å². The Hall–Kier alpha value is -1.28. The van der Waals surface area contributed by atoms with Crippen LogP contribution in [0.2, 0.25) is 0 Å². The summed E-state index contributed by atoms with van der Waals surface area (Å²) in [5.74, 6) is 0.217. The van der Waals surface area contributed by atoms with E-state index in [-0.39, 0.29) is 12.0 Å². The van der Waals surface area contributed by atoms with Crippen LogP contribution in [0.4, 0.5) is 26.3 Å². The van der Waals surface area contributed by atoms with E-state index in [1.54, 1.807) is 6.07 Å². The molecule has 25 heavy (non-hydrogen) atoms. The number of nitrogens with one attached hydrogen (secondary N) is 1. The molecule has 1 aliphatic rings. The molecular formula is C17H21F6NO. The van der Waals surface area contributed by atoms with Gasteiger partial charge in [0.15, 0.2) is 6.10 Å². The van der Waals surface area contributed by atoms with E-state index < -0.39 is 30.6 Å². The summed E-state index contributed by atoms with van der Waals surface area (Å²) in [6, 6.07) is 5.15. The molecule has 1 atom stereocenters. The lowest BCUT2D eigenvalue weighted by atomic mass is 9.82. The molecule has 2 nitrogen and oxygen atoms in total. The van der Waals surface area contributed by atoms with Crippen LogP contribution in [0.5, 0.6) is 0 Å². The molecule has 0 aliphatic heterocycles. The fourth-order valence-corrected chi connectivity index (χ4v) is 3.17. The van der Waals surface area contributed by atoms with Crippen molar-refractivity contribution in [2.75, 3.05) is 6.54 Å². The first kappa shape index (κ1) is 20.0. The van der Waals surface area contributed by atoms with Crippen molar-refractivity contribution >= 4 is 0 Å². The van der Waals surface area contributed by atoms with Gasteiger partial charge in [-0.15, -0.1) is 0 Å². The Kier molecular flexibility index (Phi) is 6.37. The molecule has 1 aliphatic carbocycles. The molecule has 142 valence electrons. The highest BCUT2D eigenvalue weighted by Gasteiger charge is 2.38. The Morgan fingerprint density at radius 2 is 1.68 bits per heavy atom. The highest BCUT2D eigenvalue weighted by Crippen LogP contribution is 2.32. The first-order chi connectivity index (χ1) is 11.6. The summed E-state index contributed by atoms with van der Waals surface area (Å²) in [5.41, 5.74) is -0.0415. The van der Waals surface area contributed by atoms with Crippen LogP contribution in [0.1, 0.15) is 36.8 Å². The van der Waals surface area contributed by atoms with Crippen LogP contribution in [0.25, 0.3) is 0 Å². The van der Waals surface area contributed by atoms with Crippen molar-refractivity contribution in [2.45, 2.75) is 56.6 Å². The lowest BCUT2D eigenvalue weighted by Gasteiger charge is -2.30. The molecular weight excluding hydrogens is 348 g/mol. The minimum Gasteiger partial charge on any atom is -0.382 e. The summed E-state index contributed by atoms with van der Waals surface area (Å²) in [6.45, 7) is -0.535. The Morgan fingerprint density at radius 3 is 2.24 bits per heavy atom. The monoisotopic (exact) mass is 369 g/mol. The van der Waals surface area contributed by atoms with Gasteiger partial charge in [-0.05, 0) is 49.7 Å². The molecule has 2 N–H and O–H groups in total. The maximum absolute atomic E-state index is 12.7. The van der Waals surface area contributed by atoms with E-state index in [1.165, 1.54) is 6.07 Å². The van der Waals surface area contributed by atoms with Crippen LogP contribution in [0.3, 0.4) is 0 Å². The van der Waals surface area contributed by atoms with Gasteiger partial charge in [0.25, 0.3) is 0 Å². The number of aliphatic hydroxyl groups excluding tert-OH is 1. The van der Waals surface area contributed by atoms with Gasteiger partial charge in [-0.25, -0.2) is 0 Å². The molecule has 0 amide bonds. The first-order valence-electron chi connectivity index (χ1n) is 8.20. The largest absolute Gasteiger partial charge is 0.416 e. The summed E-state index contributed by atoms with van der Waals surface area (Å²) >= 11 is 0. The second kappa shape index (κ2) is 7.95. The predicted molar refractivity (Wildman–Crippen MR) is 81.0 cm³/mol. The molecule has 0 radical (unpaired) electrons. The van der Waals surface area contributed by atoms with Crippen molar-refractivity contribution in [2.24, 2.45) is 5.92 Å². The van der Waals surface area contributed by atoms with Gasteiger partial charge in [0.2, 0.25) is 0 Å². The third kappa shape index (κ3) is 6.18. The van der Waals surface area contributed by atoms with E-state index in [0.29, 0.717) is 24.8 Å². The van der Waals surface area contributed by atoms with Crippen molar-refractivity contribution in [3.63, 3.8) is 0 Å². The third-order valence-electron chi connectivity index (χ3n) is 4.60. The third-order valence-corrected chi connectivity index (χ3v) is 4.60. The average molecular weight is 369 g/mol. The molecule has 1 aromatic rings. The van der Waals surface area contributed by atoms with Crippen LogP contribution in [-0.2, 0) is 12.6 Å². The van der Waals surface area contributed by atoms with E-state index in [2.05, 4.69) is 5.32 Å². The lowest BCUT2D eigenvalue weighted by molar-refractivity contribution is -0.202. The van der Waals surface area contributed by atoms with Gasteiger partial charge in [-0.1, -0.05) is 18.2 Å². The normalized spacial score (nSPS) is 23.5. The van der Waals surface area contributed by atoms with E-state index in [4.69, 9.17) is 5.11 Å². The van der Waals surface area contributed by atoms with E-state index in [9.17, 15) is 26.3 Å². The van der Waals surface area contributed by atoms with E-state index in [1.807, 2.05) is 0 Å². The van der Waals surface area contributed by atoms with Crippen LogP contribution in [0, 0.1) is 5.92 Å². The zero-order chi connectivity index (χ0) is 18.7. The van der Waals surface area contributed by atoms with Crippen molar-refractivity contribution in [1.82, 2.24) is 5.32 Å². The number of halogens is 6. The molecule has 0 spiro atoms. The molecule has 1 unspecified atom stereocenters. The fourth-order valence-electron chi connectivity index (χ4n) is 3.17. The summed E-state index contributed by atoms with van der Waals surface area (Å²) in [5, 5.41) is 11.7. The summed E-state index contributed by atoms with van der Waals surface area (Å²) in [4.78, 5) is 0. The summed E-state index contributed by atoms with van der Waals surface area (Å²) in [7, 11) is 0. The molecule has 1 fully saturated rings. The van der Waals surface area contributed by atoms with Gasteiger partial charge in [-0.2, -0.15) is 26.3 Å². The van der Waals surface area contributed by atoms with Crippen LogP contribution < -0.4 is 5.32 Å². The quantitative estimate of drug-likeness (QED) is 0.758. The maximum atomic E-state index is 12.7. The van der Waals surface area contributed by atoms with Crippen molar-refractivity contribution < 1.29 is 31.4 Å². The first-order valence-corrected chi connectivity index (χ1v) is 8.20. The Morgan fingerprint density at radius 1 is 1.04 bits per heavy atom. The summed E-state index contributed by atoms with van der Waals surface area (Å²) < 4.78 is 74.9. The minimum atomic E-state index is -4.63. The second-order valence-corrected chi connectivity index (χ2v) is 6.59. The van der Waals surface area contributed by atoms with E-state index in [0.717, 1.165) is 25.0 Å². The minimum absolute atomic E-state index is 0.102. The van der Waals surface area contributed by atoms with Crippen molar-refractivity contribution in [3.8, 4) is 0 Å². The molecule has 1 saturated carbocycles. The number of hydrogen-bond acceptors (Lipinski definition) is 2. The number of alkyl halides is 6. The molecule has 8 heteroatoms. The van der Waals surface area contributed by atoms with Crippen molar-refractivity contribution in [1.29, 1.82) is 0 Å². The highest BCUT2D eigenvalue weighted by atomic mass is 19.4. The van der Waals surface area contributed by atoms with Gasteiger partial charge in [-0.3, -0.25) is 0 Å². The molecule has 0 heterocycles. The summed E-state index contributed by atoms with van der Waals surface area (Å²) in [6.07, 6.45) is -8.09. The van der Waals surface area contributed by atoms with Gasteiger partial charge in [0.1, 0.15) is 0 Å². The zero-order valence-corrected chi connectivity index (χ0v) is 13.5. The number of rotatable bonds is 5. The van der Waals surface area contributed by atoms with Crippen LogP contribution >= 0.6 is 0 Å². The zero-order valence-electron chi connectivity index (χ0n) is 13.5. The van der Waals surface area contributed by atoms with Gasteiger partial charge >= 0.3 is 12.4 Å². The molecule has 0 aromatic heterocycles. The topological polar surface area (TPSA) is 32.3 Å². The molecule has 2 rings (SSSR count). The Bertz CT molecular complexity index is 549. The predicted octanol–water partition coefficient (Wildman–Crippen LogP) is 4.32. The number of hydrogen-bond donors (Lipinski definition) is 2. The number of benzene rings is 1. The fraction of sp³-hybridized carbons (Fsp3) is 0.647. The highest BCUT2D eigenvalue weighted by molar-refractivity contribution is 5.26. The van der Waals surface area contributed by atoms with Crippen LogP contribution in [-0.4, -0.2) is 30.0 Å².